The molecule has 0 bridgehead atoms. The summed E-state index contributed by atoms with van der Waals surface area (Å²) >= 11 is 0. The molecule has 1 amide bonds. The highest BCUT2D eigenvalue weighted by Gasteiger charge is 2.62. The first-order valence-electron chi connectivity index (χ1n) is 9.84. The third-order valence-electron chi connectivity index (χ3n) is 5.78. The van der Waals surface area contributed by atoms with Crippen LogP contribution in [0.5, 0.6) is 5.75 Å². The zero-order valence-corrected chi connectivity index (χ0v) is 18.4. The van der Waals surface area contributed by atoms with Crippen molar-refractivity contribution in [2.24, 2.45) is 10.7 Å². The maximum absolute atomic E-state index is 14.6. The van der Waals surface area contributed by atoms with Crippen LogP contribution in [0, 0.1) is 12.9 Å². The van der Waals surface area contributed by atoms with Crippen molar-refractivity contribution in [2.75, 3.05) is 11.1 Å². The lowest BCUT2D eigenvalue weighted by Crippen LogP contribution is -2.50. The number of nitrogens with zero attached hydrogens (tertiary/aromatic N) is 3. The molecule has 1 atom stereocenters. The van der Waals surface area contributed by atoms with Crippen molar-refractivity contribution in [1.82, 2.24) is 9.97 Å². The van der Waals surface area contributed by atoms with E-state index in [2.05, 4.69) is 25.0 Å². The Morgan fingerprint density at radius 1 is 1.24 bits per heavy atom. The first-order chi connectivity index (χ1) is 15.4. The Labute approximate surface area is 187 Å². The van der Waals surface area contributed by atoms with E-state index in [1.54, 1.807) is 0 Å². The number of carbonyl (C=O) groups is 1. The van der Waals surface area contributed by atoms with Crippen molar-refractivity contribution < 1.29 is 31.1 Å². The Morgan fingerprint density at radius 3 is 2.52 bits per heavy atom. The van der Waals surface area contributed by atoms with E-state index in [1.807, 2.05) is 0 Å². The molecule has 176 valence electrons. The molecule has 2 aromatic rings. The number of amidine groups is 1. The van der Waals surface area contributed by atoms with Gasteiger partial charge in [0.1, 0.15) is 27.6 Å². The number of anilines is 1. The molecule has 3 heterocycles. The number of aromatic nitrogens is 2. The smallest absolute Gasteiger partial charge is 0.387 e. The Bertz CT molecular complexity index is 1280. The Hall–Kier alpha value is -3.22. The van der Waals surface area contributed by atoms with E-state index < -0.39 is 44.3 Å². The second-order valence-corrected chi connectivity index (χ2v) is 10.6. The van der Waals surface area contributed by atoms with E-state index in [0.717, 1.165) is 12.4 Å². The Balaban J connectivity index is 1.62. The van der Waals surface area contributed by atoms with Gasteiger partial charge in [-0.05, 0) is 44.4 Å². The summed E-state index contributed by atoms with van der Waals surface area (Å²) in [6.07, 6.45) is 2.79. The minimum absolute atomic E-state index is 0.0592. The van der Waals surface area contributed by atoms with E-state index in [-0.39, 0.29) is 34.1 Å². The summed E-state index contributed by atoms with van der Waals surface area (Å²) in [4.78, 5) is 24.4. The molecule has 1 fully saturated rings. The molecular formula is C20H20F3N5O4S. The highest BCUT2D eigenvalue weighted by atomic mass is 32.2. The Kier molecular flexibility index (Phi) is 5.34. The van der Waals surface area contributed by atoms with Gasteiger partial charge in [-0.25, -0.2) is 18.4 Å². The highest BCUT2D eigenvalue weighted by molar-refractivity contribution is 7.94. The number of hydrogen-bond acceptors (Lipinski definition) is 8. The third-order valence-corrected chi connectivity index (χ3v) is 8.53. The molecule has 4 rings (SSSR count). The summed E-state index contributed by atoms with van der Waals surface area (Å²) in [6.45, 7) is -0.120. The summed E-state index contributed by atoms with van der Waals surface area (Å²) in [5.41, 5.74) is 4.53. The molecule has 9 nitrogen and oxygen atoms in total. The number of alkyl halides is 2. The predicted octanol–water partition coefficient (Wildman–Crippen LogP) is 2.31. The molecule has 1 aliphatic heterocycles. The molecular weight excluding hydrogens is 463 g/mol. The molecule has 33 heavy (non-hydrogen) atoms. The summed E-state index contributed by atoms with van der Waals surface area (Å²) in [5, 5.41) is 2.50. The van der Waals surface area contributed by atoms with Gasteiger partial charge in [0.25, 0.3) is 5.91 Å². The molecule has 0 unspecified atom stereocenters. The number of rotatable bonds is 5. The van der Waals surface area contributed by atoms with Gasteiger partial charge >= 0.3 is 6.61 Å². The van der Waals surface area contributed by atoms with Crippen LogP contribution in [0.3, 0.4) is 0 Å². The minimum Gasteiger partial charge on any atom is -0.433 e. The molecule has 13 heteroatoms. The fourth-order valence-electron chi connectivity index (χ4n) is 3.92. The van der Waals surface area contributed by atoms with Crippen LogP contribution in [0.25, 0.3) is 0 Å². The van der Waals surface area contributed by atoms with Gasteiger partial charge in [0.15, 0.2) is 9.84 Å². The van der Waals surface area contributed by atoms with Gasteiger partial charge in [0, 0.05) is 5.56 Å². The van der Waals surface area contributed by atoms with Crippen LogP contribution in [0.15, 0.2) is 29.5 Å². The second-order valence-electron chi connectivity index (χ2n) is 8.26. The van der Waals surface area contributed by atoms with E-state index >= 15 is 0 Å². The quantitative estimate of drug-likeness (QED) is 0.623. The number of hydrogen-bond donors (Lipinski definition) is 2. The van der Waals surface area contributed by atoms with Crippen LogP contribution in [0.2, 0.25) is 0 Å². The number of pyridine rings is 2. The van der Waals surface area contributed by atoms with Crippen molar-refractivity contribution in [3.63, 3.8) is 0 Å². The number of carbonyl (C=O) groups excluding carboxylic acids is 1. The van der Waals surface area contributed by atoms with E-state index in [1.165, 1.54) is 26.0 Å². The zero-order chi connectivity index (χ0) is 24.2. The molecule has 2 aliphatic rings. The summed E-state index contributed by atoms with van der Waals surface area (Å²) < 4.78 is 68.1. The fraction of sp³-hybridized carbons (Fsp3) is 0.400. The highest BCUT2D eigenvalue weighted by Crippen LogP contribution is 2.50. The maximum Gasteiger partial charge on any atom is 0.387 e. The summed E-state index contributed by atoms with van der Waals surface area (Å²) in [6, 6.07) is 2.46. The Morgan fingerprint density at radius 2 is 1.94 bits per heavy atom. The molecule has 2 aromatic heterocycles. The van der Waals surface area contributed by atoms with Crippen LogP contribution < -0.4 is 15.8 Å². The predicted molar refractivity (Wildman–Crippen MR) is 112 cm³/mol. The van der Waals surface area contributed by atoms with E-state index in [9.17, 15) is 26.4 Å². The number of sulfone groups is 1. The standard InChI is InChI=1S/C20H20F3N5O4S/c1-10-5-12(32-18(22)23)8-25-14(10)16(29)27-11-6-13(15(21)26-7-11)19(2)9-33(30,31)20(3-4-20)17(24)28-19/h5-8,18H,3-4,9H2,1-2H3,(H2,24,28)(H,27,29)/t19-/m0/s1. The number of ether oxygens (including phenoxy) is 1. The van der Waals surface area contributed by atoms with Crippen LogP contribution in [-0.4, -0.2) is 47.2 Å². The SMILES string of the molecule is Cc1cc(OC(F)F)cnc1C(=O)Nc1cnc(F)c([C@]2(C)CS(=O)(=O)C3(CC3)C(N)=N2)c1. The van der Waals surface area contributed by atoms with Gasteiger partial charge < -0.3 is 15.8 Å². The first kappa shape index (κ1) is 23.0. The number of aryl methyl sites for hydroxylation is 1. The maximum atomic E-state index is 14.6. The molecule has 0 aromatic carbocycles. The summed E-state index contributed by atoms with van der Waals surface area (Å²) in [7, 11) is -3.68. The van der Waals surface area contributed by atoms with E-state index in [0.29, 0.717) is 12.8 Å². The number of nitrogens with two attached hydrogens (primary N) is 1. The molecule has 3 N–H and O–H groups in total. The third kappa shape index (κ3) is 4.01. The van der Waals surface area contributed by atoms with Gasteiger partial charge in [0.2, 0.25) is 5.95 Å². The molecule has 1 saturated carbocycles. The second kappa shape index (κ2) is 7.68. The van der Waals surface area contributed by atoms with Crippen LogP contribution in [0.4, 0.5) is 18.9 Å². The minimum atomic E-state index is -3.68. The van der Waals surface area contributed by atoms with Crippen LogP contribution in [-0.2, 0) is 15.4 Å². The monoisotopic (exact) mass is 483 g/mol. The van der Waals surface area contributed by atoms with Crippen molar-refractivity contribution in [2.45, 2.75) is 43.6 Å². The largest absolute Gasteiger partial charge is 0.433 e. The first-order valence-corrected chi connectivity index (χ1v) is 11.5. The van der Waals surface area contributed by atoms with Crippen molar-refractivity contribution in [3.8, 4) is 5.75 Å². The average molecular weight is 483 g/mol. The normalized spacial score (nSPS) is 22.7. The number of halogens is 3. The number of amides is 1. The molecule has 0 radical (unpaired) electrons. The average Bonchev–Trinajstić information content (AvgIpc) is 3.50. The molecule has 1 spiro atoms. The molecule has 0 saturated heterocycles. The van der Waals surface area contributed by atoms with Gasteiger partial charge in [-0.2, -0.15) is 13.2 Å². The lowest BCUT2D eigenvalue weighted by atomic mass is 9.95. The fourth-order valence-corrected chi connectivity index (χ4v) is 6.25. The summed E-state index contributed by atoms with van der Waals surface area (Å²) in [5.74, 6) is -2.38. The lowest BCUT2D eigenvalue weighted by molar-refractivity contribution is -0.0501. The zero-order valence-electron chi connectivity index (χ0n) is 17.6. The van der Waals surface area contributed by atoms with Gasteiger partial charge in [-0.3, -0.25) is 9.79 Å². The van der Waals surface area contributed by atoms with Gasteiger partial charge in [0.05, 0.1) is 23.8 Å². The topological polar surface area (TPSA) is 137 Å². The van der Waals surface area contributed by atoms with Crippen molar-refractivity contribution in [1.29, 1.82) is 0 Å². The number of aliphatic imine (C=N–C) groups is 1. The van der Waals surface area contributed by atoms with Crippen LogP contribution >= 0.6 is 0 Å². The van der Waals surface area contributed by atoms with Crippen molar-refractivity contribution >= 4 is 27.3 Å². The van der Waals surface area contributed by atoms with Crippen molar-refractivity contribution in [3.05, 3.63) is 47.3 Å². The lowest BCUT2D eigenvalue weighted by Gasteiger charge is -2.34. The van der Waals surface area contributed by atoms with Gasteiger partial charge in [-0.1, -0.05) is 0 Å². The van der Waals surface area contributed by atoms with Gasteiger partial charge in [-0.15, -0.1) is 0 Å². The number of nitrogens with one attached hydrogen (secondary N) is 1. The molecule has 1 aliphatic carbocycles. The van der Waals surface area contributed by atoms with E-state index in [4.69, 9.17) is 5.73 Å². The van der Waals surface area contributed by atoms with Crippen LogP contribution in [0.1, 0.15) is 41.4 Å².